The first-order valence-electron chi connectivity index (χ1n) is 10.1. The minimum Gasteiger partial charge on any atom is -0.618 e. The monoisotopic (exact) mass is 335 g/mol. The topological polar surface area (TPSA) is 91.3 Å². The van der Waals surface area contributed by atoms with Crippen LogP contribution in [0.5, 0.6) is 0 Å². The summed E-state index contributed by atoms with van der Waals surface area (Å²) < 4.78 is 52.5. The molecule has 0 radical (unpaired) electrons. The van der Waals surface area contributed by atoms with Gasteiger partial charge in [0.15, 0.2) is 5.52 Å². The summed E-state index contributed by atoms with van der Waals surface area (Å²) in [5, 5.41) is 23.5. The van der Waals surface area contributed by atoms with E-state index in [4.69, 9.17) is 13.0 Å². The number of pyridine rings is 1. The molecule has 0 saturated heterocycles. The largest absolute Gasteiger partial charge is 0.618 e. The Labute approximate surface area is 147 Å². The van der Waals surface area contributed by atoms with Crippen LogP contribution in [0.2, 0.25) is 0 Å². The molecule has 1 N–H and O–H groups in total. The number of aromatic nitrogens is 3. The highest BCUT2D eigenvalue weighted by Crippen LogP contribution is 2.26. The maximum absolute atomic E-state index is 12.3. The van der Waals surface area contributed by atoms with Crippen LogP contribution in [0.15, 0.2) is 30.5 Å². The van der Waals surface area contributed by atoms with Crippen molar-refractivity contribution in [2.75, 3.05) is 0 Å². The molecular weight excluding hydrogens is 310 g/mol. The predicted octanol–water partition coefficient (Wildman–Crippen LogP) is 1.66. The zero-order chi connectivity index (χ0) is 22.5. The summed E-state index contributed by atoms with van der Waals surface area (Å²) in [5.41, 5.74) is -2.52. The maximum atomic E-state index is 12.3. The zero-order valence-corrected chi connectivity index (χ0v) is 12.8. The van der Waals surface area contributed by atoms with Crippen LogP contribution in [0.4, 0.5) is 0 Å². The van der Waals surface area contributed by atoms with Crippen LogP contribution in [0, 0.1) is 5.21 Å². The SMILES string of the molecule is [2H]C([2H])([2H])C(O)(Cn1c(COC(C)=O)nc2c[n+]([O-])c3ccccc3c21)C([2H])([2H])[2H]. The van der Waals surface area contributed by atoms with Crippen molar-refractivity contribution < 1.29 is 27.6 Å². The van der Waals surface area contributed by atoms with Crippen LogP contribution >= 0.6 is 0 Å². The number of fused-ring (bicyclic) bond motifs is 3. The van der Waals surface area contributed by atoms with Gasteiger partial charge in [-0.25, -0.2) is 4.98 Å². The van der Waals surface area contributed by atoms with Gasteiger partial charge in [-0.2, -0.15) is 4.73 Å². The Bertz CT molecular complexity index is 1110. The van der Waals surface area contributed by atoms with Gasteiger partial charge in [0.05, 0.1) is 23.0 Å². The van der Waals surface area contributed by atoms with E-state index in [-0.39, 0.29) is 22.4 Å². The normalized spacial score (nSPS) is 16.8. The highest BCUT2D eigenvalue weighted by molar-refractivity contribution is 6.00. The molecule has 1 aromatic carbocycles. The van der Waals surface area contributed by atoms with Gasteiger partial charge in [-0.15, -0.1) is 0 Å². The van der Waals surface area contributed by atoms with Crippen molar-refractivity contribution in [3.8, 4) is 0 Å². The summed E-state index contributed by atoms with van der Waals surface area (Å²) in [6.45, 7) is -6.67. The van der Waals surface area contributed by atoms with Crippen molar-refractivity contribution >= 4 is 27.9 Å². The quantitative estimate of drug-likeness (QED) is 0.445. The van der Waals surface area contributed by atoms with Crippen LogP contribution in [-0.2, 0) is 22.7 Å². The molecule has 0 aliphatic heterocycles. The maximum Gasteiger partial charge on any atom is 0.303 e. The van der Waals surface area contributed by atoms with E-state index in [1.54, 1.807) is 18.2 Å². The second-order valence-corrected chi connectivity index (χ2v) is 5.46. The lowest BCUT2D eigenvalue weighted by Gasteiger charge is -2.20. The molecule has 3 rings (SSSR count). The molecule has 0 spiro atoms. The fourth-order valence-corrected chi connectivity index (χ4v) is 2.62. The van der Waals surface area contributed by atoms with Gasteiger partial charge in [0.25, 0.3) is 0 Å². The number of hydrogen-bond donors (Lipinski definition) is 1. The van der Waals surface area contributed by atoms with Gasteiger partial charge in [0, 0.05) is 21.2 Å². The molecule has 24 heavy (non-hydrogen) atoms. The third kappa shape index (κ3) is 3.03. The van der Waals surface area contributed by atoms with Gasteiger partial charge >= 0.3 is 5.97 Å². The molecule has 0 atom stereocenters. The van der Waals surface area contributed by atoms with Crippen molar-refractivity contribution in [2.24, 2.45) is 0 Å². The number of benzene rings is 1. The number of esters is 1. The molecule has 2 heterocycles. The van der Waals surface area contributed by atoms with Crippen molar-refractivity contribution in [2.45, 2.75) is 39.4 Å². The van der Waals surface area contributed by atoms with Gasteiger partial charge < -0.3 is 19.6 Å². The number of carbonyl (C=O) groups is 1. The lowest BCUT2D eigenvalue weighted by molar-refractivity contribution is -0.575. The summed E-state index contributed by atoms with van der Waals surface area (Å²) in [7, 11) is 0. The van der Waals surface area contributed by atoms with E-state index in [0.717, 1.165) is 13.1 Å². The number of nitrogens with zero attached hydrogens (tertiary/aromatic N) is 3. The summed E-state index contributed by atoms with van der Waals surface area (Å²) in [6.07, 6.45) is 1.15. The minimum atomic E-state index is -3.27. The second-order valence-electron chi connectivity index (χ2n) is 5.46. The third-order valence-electron chi connectivity index (χ3n) is 3.50. The molecule has 2 aromatic heterocycles. The molecule has 7 heteroatoms. The summed E-state index contributed by atoms with van der Waals surface area (Å²) >= 11 is 0. The Morgan fingerprint density at radius 2 is 2.25 bits per heavy atom. The lowest BCUT2D eigenvalue weighted by Crippen LogP contribution is -2.28. The number of hydrogen-bond acceptors (Lipinski definition) is 5. The van der Waals surface area contributed by atoms with Gasteiger partial charge in [-0.05, 0) is 19.8 Å². The highest BCUT2D eigenvalue weighted by Gasteiger charge is 2.23. The number of para-hydroxylation sites is 1. The number of ether oxygens (including phenoxy) is 1. The Hall–Kier alpha value is -2.67. The van der Waals surface area contributed by atoms with Gasteiger partial charge in [0.1, 0.15) is 12.4 Å². The van der Waals surface area contributed by atoms with E-state index in [0.29, 0.717) is 10.1 Å². The minimum absolute atomic E-state index is 0.0107. The molecule has 0 aliphatic rings. The van der Waals surface area contributed by atoms with Crippen molar-refractivity contribution in [3.05, 3.63) is 41.5 Å². The van der Waals surface area contributed by atoms with E-state index in [9.17, 15) is 15.1 Å². The van der Waals surface area contributed by atoms with Gasteiger partial charge in [-0.3, -0.25) is 4.79 Å². The molecule has 0 fully saturated rings. The smallest absolute Gasteiger partial charge is 0.303 e. The number of aliphatic hydroxyl groups is 1. The summed E-state index contributed by atoms with van der Waals surface area (Å²) in [5.74, 6) is -0.650. The molecule has 0 bridgehead atoms. The third-order valence-corrected chi connectivity index (χ3v) is 3.50. The fourth-order valence-electron chi connectivity index (χ4n) is 2.62. The second kappa shape index (κ2) is 5.76. The van der Waals surface area contributed by atoms with Crippen LogP contribution in [0.3, 0.4) is 0 Å². The number of rotatable bonds is 4. The average Bonchev–Trinajstić information content (AvgIpc) is 2.95. The molecule has 0 aliphatic carbocycles. The van der Waals surface area contributed by atoms with Crippen LogP contribution in [-0.4, -0.2) is 26.2 Å². The summed E-state index contributed by atoms with van der Waals surface area (Å²) in [6, 6.07) is 6.39. The van der Waals surface area contributed by atoms with E-state index in [1.165, 1.54) is 10.6 Å². The first-order chi connectivity index (χ1) is 13.8. The predicted molar refractivity (Wildman–Crippen MR) is 88.0 cm³/mol. The Morgan fingerprint density at radius 1 is 1.50 bits per heavy atom. The molecule has 126 valence electrons. The Kier molecular flexibility index (Phi) is 2.46. The molecular formula is C17H19N3O4. The van der Waals surface area contributed by atoms with Crippen LogP contribution < -0.4 is 4.73 Å². The molecule has 0 saturated carbocycles. The standard InChI is InChI=1S/C17H19N3O4/c1-11(21)24-9-15-18-13-8-20(23)14-7-5-4-6-12(14)16(13)19(15)10-17(2,3)22/h4-8,22H,9-10H2,1-3H3/i2D3,3D3. The number of carbonyl (C=O) groups excluding carboxylic acids is 1. The lowest BCUT2D eigenvalue weighted by atomic mass is 10.1. The van der Waals surface area contributed by atoms with Crippen LogP contribution in [0.25, 0.3) is 21.9 Å². The molecule has 0 unspecified atom stereocenters. The molecule has 0 amide bonds. The van der Waals surface area contributed by atoms with Crippen molar-refractivity contribution in [3.63, 3.8) is 0 Å². The van der Waals surface area contributed by atoms with E-state index >= 15 is 0 Å². The van der Waals surface area contributed by atoms with Crippen molar-refractivity contribution in [1.29, 1.82) is 0 Å². The molecule has 7 nitrogen and oxygen atoms in total. The van der Waals surface area contributed by atoms with E-state index < -0.39 is 38.4 Å². The first-order valence-corrected chi connectivity index (χ1v) is 7.12. The number of imidazole rings is 1. The van der Waals surface area contributed by atoms with E-state index in [2.05, 4.69) is 4.98 Å². The van der Waals surface area contributed by atoms with Crippen LogP contribution in [0.1, 0.15) is 34.7 Å². The first kappa shape index (κ1) is 10.2. The fraction of sp³-hybridized carbons (Fsp3) is 0.353. The van der Waals surface area contributed by atoms with Gasteiger partial charge in [0.2, 0.25) is 11.7 Å². The Morgan fingerprint density at radius 3 is 2.96 bits per heavy atom. The average molecular weight is 335 g/mol. The van der Waals surface area contributed by atoms with E-state index in [1.807, 2.05) is 0 Å². The van der Waals surface area contributed by atoms with Gasteiger partial charge in [-0.1, -0.05) is 12.1 Å². The molecule has 3 aromatic rings. The zero-order valence-electron chi connectivity index (χ0n) is 18.8. The van der Waals surface area contributed by atoms with Crippen molar-refractivity contribution in [1.82, 2.24) is 9.55 Å². The Balaban J connectivity index is 2.33. The summed E-state index contributed by atoms with van der Waals surface area (Å²) in [4.78, 5) is 15.5. The highest BCUT2D eigenvalue weighted by atomic mass is 16.5.